The summed E-state index contributed by atoms with van der Waals surface area (Å²) in [6.07, 6.45) is 3.58. The van der Waals surface area contributed by atoms with Gasteiger partial charge in [0.05, 0.1) is 21.7 Å². The lowest BCUT2D eigenvalue weighted by molar-refractivity contribution is -0.144. The lowest BCUT2D eigenvalue weighted by Gasteiger charge is -2.08. The van der Waals surface area contributed by atoms with Crippen LogP contribution in [0.4, 0.5) is 0 Å². The molecule has 0 aliphatic rings. The molecule has 0 spiro atoms. The minimum atomic E-state index is -0.496. The molecular weight excluding hydrogens is 363 g/mol. The number of benzene rings is 1. The van der Waals surface area contributed by atoms with Gasteiger partial charge in [-0.05, 0) is 18.9 Å². The van der Waals surface area contributed by atoms with E-state index in [4.69, 9.17) is 44.3 Å². The van der Waals surface area contributed by atoms with Crippen molar-refractivity contribution in [2.75, 3.05) is 6.61 Å². The average molecular weight is 382 g/mol. The minimum absolute atomic E-state index is 0.0840. The predicted molar refractivity (Wildman–Crippen MR) is 91.4 cm³/mol. The summed E-state index contributed by atoms with van der Waals surface area (Å²) in [6, 6.07) is 2.79. The first-order valence-corrected chi connectivity index (χ1v) is 8.58. The number of halogens is 3. The van der Waals surface area contributed by atoms with Gasteiger partial charge in [-0.1, -0.05) is 54.6 Å². The summed E-state index contributed by atoms with van der Waals surface area (Å²) in [6.45, 7) is 2.50. The number of ether oxygens (including phenoxy) is 2. The maximum absolute atomic E-state index is 11.7. The second-order valence-electron chi connectivity index (χ2n) is 4.95. The van der Waals surface area contributed by atoms with Gasteiger partial charge in [0, 0.05) is 18.9 Å². The lowest BCUT2D eigenvalue weighted by atomic mass is 10.2. The molecule has 1 rings (SSSR count). The SMILES string of the molecule is CCCCCOC(=O)CCCC(=O)Oc1cc(Cl)c(Cl)cc1Cl. The van der Waals surface area contributed by atoms with Gasteiger partial charge in [0.1, 0.15) is 0 Å². The van der Waals surface area contributed by atoms with Crippen molar-refractivity contribution in [3.63, 3.8) is 0 Å². The molecule has 0 saturated heterocycles. The van der Waals surface area contributed by atoms with E-state index in [2.05, 4.69) is 6.92 Å². The van der Waals surface area contributed by atoms with Gasteiger partial charge in [-0.25, -0.2) is 0 Å². The zero-order valence-electron chi connectivity index (χ0n) is 12.9. The lowest BCUT2D eigenvalue weighted by Crippen LogP contribution is -2.10. The van der Waals surface area contributed by atoms with E-state index in [9.17, 15) is 9.59 Å². The molecule has 0 aromatic heterocycles. The molecule has 23 heavy (non-hydrogen) atoms. The van der Waals surface area contributed by atoms with Crippen LogP contribution < -0.4 is 4.74 Å². The van der Waals surface area contributed by atoms with Gasteiger partial charge in [-0.3, -0.25) is 9.59 Å². The molecule has 0 aliphatic heterocycles. The highest BCUT2D eigenvalue weighted by molar-refractivity contribution is 6.43. The van der Waals surface area contributed by atoms with Crippen LogP contribution in [0.5, 0.6) is 5.75 Å². The van der Waals surface area contributed by atoms with E-state index in [1.54, 1.807) is 0 Å². The minimum Gasteiger partial charge on any atom is -0.466 e. The van der Waals surface area contributed by atoms with Crippen molar-refractivity contribution in [2.45, 2.75) is 45.4 Å². The Balaban J connectivity index is 2.29. The quantitative estimate of drug-likeness (QED) is 0.247. The van der Waals surface area contributed by atoms with Crippen LogP contribution in [-0.2, 0) is 14.3 Å². The largest absolute Gasteiger partial charge is 0.466 e. The fourth-order valence-electron chi connectivity index (χ4n) is 1.74. The molecule has 1 aromatic carbocycles. The van der Waals surface area contributed by atoms with Crippen LogP contribution >= 0.6 is 34.8 Å². The molecule has 1 aromatic rings. The number of carbonyl (C=O) groups excluding carboxylic acids is 2. The molecule has 0 fully saturated rings. The van der Waals surface area contributed by atoms with Gasteiger partial charge in [0.15, 0.2) is 5.75 Å². The maximum Gasteiger partial charge on any atom is 0.311 e. The van der Waals surface area contributed by atoms with Gasteiger partial charge >= 0.3 is 11.9 Å². The zero-order chi connectivity index (χ0) is 17.2. The average Bonchev–Trinajstić information content (AvgIpc) is 2.49. The standard InChI is InChI=1S/C16H19Cl3O4/c1-2-3-4-8-22-15(20)6-5-7-16(21)23-14-10-12(18)11(17)9-13(14)19/h9-10H,2-8H2,1H3. The van der Waals surface area contributed by atoms with Crippen molar-refractivity contribution in [2.24, 2.45) is 0 Å². The van der Waals surface area contributed by atoms with Crippen molar-refractivity contribution >= 4 is 46.7 Å². The molecule has 4 nitrogen and oxygen atoms in total. The van der Waals surface area contributed by atoms with Gasteiger partial charge in [-0.2, -0.15) is 0 Å². The first-order chi connectivity index (χ1) is 10.9. The summed E-state index contributed by atoms with van der Waals surface area (Å²) in [7, 11) is 0. The van der Waals surface area contributed by atoms with Crippen molar-refractivity contribution in [1.82, 2.24) is 0 Å². The molecule has 0 N–H and O–H groups in total. The monoisotopic (exact) mass is 380 g/mol. The second kappa shape index (κ2) is 10.7. The molecule has 128 valence electrons. The number of unbranched alkanes of at least 4 members (excludes halogenated alkanes) is 2. The molecule has 0 radical (unpaired) electrons. The Morgan fingerprint density at radius 1 is 0.913 bits per heavy atom. The van der Waals surface area contributed by atoms with Gasteiger partial charge in [0.25, 0.3) is 0 Å². The molecule has 0 saturated carbocycles. The molecule has 0 bridgehead atoms. The van der Waals surface area contributed by atoms with Crippen LogP contribution in [0.2, 0.25) is 15.1 Å². The van der Waals surface area contributed by atoms with Crippen LogP contribution in [0.1, 0.15) is 45.4 Å². The fraction of sp³-hybridized carbons (Fsp3) is 0.500. The van der Waals surface area contributed by atoms with E-state index in [1.807, 2.05) is 0 Å². The highest BCUT2D eigenvalue weighted by Crippen LogP contribution is 2.34. The van der Waals surface area contributed by atoms with E-state index in [0.717, 1.165) is 19.3 Å². The van der Waals surface area contributed by atoms with Crippen LogP contribution in [0, 0.1) is 0 Å². The number of hydrogen-bond acceptors (Lipinski definition) is 4. The summed E-state index contributed by atoms with van der Waals surface area (Å²) in [5.41, 5.74) is 0. The Labute approximate surface area is 151 Å². The molecule has 0 heterocycles. The molecule has 0 aliphatic carbocycles. The maximum atomic E-state index is 11.7. The normalized spacial score (nSPS) is 10.4. The Bertz CT molecular complexity index is 546. The fourth-order valence-corrected chi connectivity index (χ4v) is 2.32. The Morgan fingerprint density at radius 3 is 2.26 bits per heavy atom. The molecule has 7 heteroatoms. The van der Waals surface area contributed by atoms with E-state index in [0.29, 0.717) is 13.0 Å². The number of rotatable bonds is 9. The Morgan fingerprint density at radius 2 is 1.57 bits per heavy atom. The first kappa shape index (κ1) is 20.1. The zero-order valence-corrected chi connectivity index (χ0v) is 15.1. The van der Waals surface area contributed by atoms with E-state index in [-0.39, 0.29) is 39.6 Å². The van der Waals surface area contributed by atoms with E-state index in [1.165, 1.54) is 12.1 Å². The summed E-state index contributed by atoms with van der Waals surface area (Å²) in [5.74, 6) is -0.654. The van der Waals surface area contributed by atoms with Crippen LogP contribution in [-0.4, -0.2) is 18.5 Å². The molecule has 0 atom stereocenters. The Hall–Kier alpha value is -0.970. The number of hydrogen-bond donors (Lipinski definition) is 0. The summed E-state index contributed by atoms with van der Waals surface area (Å²) in [5, 5.41) is 0.722. The van der Waals surface area contributed by atoms with E-state index < -0.39 is 5.97 Å². The van der Waals surface area contributed by atoms with Gasteiger partial charge in [-0.15, -0.1) is 0 Å². The van der Waals surface area contributed by atoms with Gasteiger partial charge < -0.3 is 9.47 Å². The smallest absolute Gasteiger partial charge is 0.311 e. The van der Waals surface area contributed by atoms with Crippen molar-refractivity contribution in [3.05, 3.63) is 27.2 Å². The van der Waals surface area contributed by atoms with Crippen LogP contribution in [0.15, 0.2) is 12.1 Å². The van der Waals surface area contributed by atoms with Crippen LogP contribution in [0.25, 0.3) is 0 Å². The second-order valence-corrected chi connectivity index (χ2v) is 6.17. The molecule has 0 unspecified atom stereocenters. The van der Waals surface area contributed by atoms with Crippen molar-refractivity contribution < 1.29 is 19.1 Å². The van der Waals surface area contributed by atoms with Gasteiger partial charge in [0.2, 0.25) is 0 Å². The molecule has 0 amide bonds. The predicted octanol–water partition coefficient (Wildman–Crippen LogP) is 5.46. The number of esters is 2. The third-order valence-corrected chi connectivity index (χ3v) is 3.99. The number of carbonyl (C=O) groups is 2. The summed E-state index contributed by atoms with van der Waals surface area (Å²) in [4.78, 5) is 23.2. The highest BCUT2D eigenvalue weighted by Gasteiger charge is 2.12. The Kier molecular flexibility index (Phi) is 9.37. The third kappa shape index (κ3) is 7.91. The first-order valence-electron chi connectivity index (χ1n) is 7.45. The van der Waals surface area contributed by atoms with Crippen molar-refractivity contribution in [1.29, 1.82) is 0 Å². The summed E-state index contributed by atoms with van der Waals surface area (Å²) >= 11 is 17.6. The molecular formula is C16H19Cl3O4. The third-order valence-electron chi connectivity index (χ3n) is 2.97. The summed E-state index contributed by atoms with van der Waals surface area (Å²) < 4.78 is 10.2. The van der Waals surface area contributed by atoms with E-state index >= 15 is 0 Å². The topological polar surface area (TPSA) is 52.6 Å². The van der Waals surface area contributed by atoms with Crippen LogP contribution in [0.3, 0.4) is 0 Å². The van der Waals surface area contributed by atoms with Crippen molar-refractivity contribution in [3.8, 4) is 5.75 Å². The highest BCUT2D eigenvalue weighted by atomic mass is 35.5.